The van der Waals surface area contributed by atoms with Gasteiger partial charge in [-0.25, -0.2) is 6.57 Å². The van der Waals surface area contributed by atoms with Crippen molar-refractivity contribution in [2.75, 3.05) is 13.1 Å². The van der Waals surface area contributed by atoms with Crippen LogP contribution in [0.25, 0.3) is 4.85 Å². The van der Waals surface area contributed by atoms with Gasteiger partial charge in [0.15, 0.2) is 0 Å². The Hall–Kier alpha value is -0.550. The van der Waals surface area contributed by atoms with Crippen molar-refractivity contribution in [2.24, 2.45) is 0 Å². The van der Waals surface area contributed by atoms with E-state index in [1.54, 1.807) is 0 Å². The molecule has 2 heteroatoms. The summed E-state index contributed by atoms with van der Waals surface area (Å²) >= 11 is 0. The Bertz CT molecular complexity index is 173. The van der Waals surface area contributed by atoms with Crippen LogP contribution in [0.2, 0.25) is 0 Å². The predicted octanol–water partition coefficient (Wildman–Crippen LogP) is 1.78. The summed E-state index contributed by atoms with van der Waals surface area (Å²) in [6.07, 6.45) is 1.06. The van der Waals surface area contributed by atoms with Crippen LogP contribution in [0.4, 0.5) is 0 Å². The van der Waals surface area contributed by atoms with Gasteiger partial charge in [-0.05, 0) is 20.8 Å². The van der Waals surface area contributed by atoms with Gasteiger partial charge < -0.3 is 4.85 Å². The first-order valence-corrected chi connectivity index (χ1v) is 4.15. The Labute approximate surface area is 69.0 Å². The fraction of sp³-hybridized carbons (Fsp3) is 0.889. The average molecular weight is 152 g/mol. The molecule has 1 heterocycles. The molecule has 62 valence electrons. The third-order valence-corrected chi connectivity index (χ3v) is 2.29. The van der Waals surface area contributed by atoms with Gasteiger partial charge in [0.25, 0.3) is 0 Å². The maximum absolute atomic E-state index is 6.89. The Balaban J connectivity index is 2.50. The molecule has 1 atom stereocenters. The van der Waals surface area contributed by atoms with Gasteiger partial charge in [0.05, 0.1) is 6.54 Å². The zero-order valence-electron chi connectivity index (χ0n) is 7.59. The molecule has 11 heavy (non-hydrogen) atoms. The number of likely N-dealkylation sites (tertiary alicyclic amines) is 1. The number of rotatable bonds is 0. The average Bonchev–Trinajstić information content (AvgIpc) is 2.32. The quantitative estimate of drug-likeness (QED) is 0.480. The third kappa shape index (κ3) is 1.94. The summed E-state index contributed by atoms with van der Waals surface area (Å²) in [5, 5.41) is 0. The molecule has 0 aromatic carbocycles. The number of nitrogens with zero attached hydrogens (tertiary/aromatic N) is 2. The van der Waals surface area contributed by atoms with E-state index in [0.29, 0.717) is 0 Å². The summed E-state index contributed by atoms with van der Waals surface area (Å²) < 4.78 is 0. The highest BCUT2D eigenvalue weighted by Crippen LogP contribution is 2.21. The van der Waals surface area contributed by atoms with Crippen molar-refractivity contribution in [3.63, 3.8) is 0 Å². The van der Waals surface area contributed by atoms with Gasteiger partial charge in [-0.3, -0.25) is 4.90 Å². The van der Waals surface area contributed by atoms with Crippen LogP contribution in [0, 0.1) is 6.57 Å². The number of hydrogen-bond donors (Lipinski definition) is 0. The van der Waals surface area contributed by atoms with Gasteiger partial charge in [-0.1, -0.05) is 0 Å². The molecule has 1 aliphatic rings. The summed E-state index contributed by atoms with van der Waals surface area (Å²) in [5.74, 6) is 0. The molecular formula is C9H16N2. The summed E-state index contributed by atoms with van der Waals surface area (Å²) in [7, 11) is 0. The monoisotopic (exact) mass is 152 g/mol. The van der Waals surface area contributed by atoms with Crippen LogP contribution in [0.1, 0.15) is 27.2 Å². The second-order valence-corrected chi connectivity index (χ2v) is 4.19. The molecule has 0 radical (unpaired) electrons. The van der Waals surface area contributed by atoms with Gasteiger partial charge in [0.1, 0.15) is 0 Å². The van der Waals surface area contributed by atoms with Crippen LogP contribution in [-0.4, -0.2) is 29.6 Å². The highest BCUT2D eigenvalue weighted by atomic mass is 15.2. The highest BCUT2D eigenvalue weighted by molar-refractivity contribution is 4.93. The lowest BCUT2D eigenvalue weighted by atomic mass is 10.1. The van der Waals surface area contributed by atoms with E-state index in [9.17, 15) is 0 Å². The van der Waals surface area contributed by atoms with Crippen LogP contribution in [0.15, 0.2) is 0 Å². The van der Waals surface area contributed by atoms with Crippen LogP contribution in [0.3, 0.4) is 0 Å². The van der Waals surface area contributed by atoms with E-state index in [2.05, 4.69) is 30.5 Å². The van der Waals surface area contributed by atoms with Crippen LogP contribution in [-0.2, 0) is 0 Å². The topological polar surface area (TPSA) is 7.60 Å². The Morgan fingerprint density at radius 1 is 1.45 bits per heavy atom. The Kier molecular flexibility index (Phi) is 2.20. The van der Waals surface area contributed by atoms with Crippen molar-refractivity contribution in [1.82, 2.24) is 4.90 Å². The van der Waals surface area contributed by atoms with Crippen molar-refractivity contribution >= 4 is 0 Å². The molecule has 0 amide bonds. The van der Waals surface area contributed by atoms with Crippen molar-refractivity contribution in [2.45, 2.75) is 38.8 Å². The van der Waals surface area contributed by atoms with Crippen molar-refractivity contribution in [1.29, 1.82) is 0 Å². The summed E-state index contributed by atoms with van der Waals surface area (Å²) in [5.41, 5.74) is 0.249. The smallest absolute Gasteiger partial charge is 0.237 e. The zero-order valence-corrected chi connectivity index (χ0v) is 7.59. The van der Waals surface area contributed by atoms with Crippen LogP contribution < -0.4 is 0 Å². The predicted molar refractivity (Wildman–Crippen MR) is 46.3 cm³/mol. The Morgan fingerprint density at radius 2 is 2.09 bits per heavy atom. The number of hydrogen-bond acceptors (Lipinski definition) is 1. The first-order valence-electron chi connectivity index (χ1n) is 4.15. The van der Waals surface area contributed by atoms with E-state index in [4.69, 9.17) is 6.57 Å². The first-order chi connectivity index (χ1) is 5.04. The third-order valence-electron chi connectivity index (χ3n) is 2.29. The molecule has 1 rings (SSSR count). The lowest BCUT2D eigenvalue weighted by Crippen LogP contribution is -2.39. The maximum Gasteiger partial charge on any atom is 0.237 e. The minimum atomic E-state index is 0.249. The van der Waals surface area contributed by atoms with Crippen molar-refractivity contribution in [3.8, 4) is 0 Å². The van der Waals surface area contributed by atoms with Gasteiger partial charge in [-0.15, -0.1) is 0 Å². The molecule has 1 fully saturated rings. The molecule has 0 aromatic rings. The molecule has 2 nitrogen and oxygen atoms in total. The fourth-order valence-corrected chi connectivity index (χ4v) is 1.46. The fourth-order valence-electron chi connectivity index (χ4n) is 1.46. The van der Waals surface area contributed by atoms with Crippen LogP contribution >= 0.6 is 0 Å². The van der Waals surface area contributed by atoms with E-state index in [1.807, 2.05) is 0 Å². The van der Waals surface area contributed by atoms with Crippen molar-refractivity contribution in [3.05, 3.63) is 11.4 Å². The van der Waals surface area contributed by atoms with E-state index < -0.39 is 0 Å². The molecule has 0 spiro atoms. The van der Waals surface area contributed by atoms with Crippen LogP contribution in [0.5, 0.6) is 0 Å². The summed E-state index contributed by atoms with van der Waals surface area (Å²) in [6.45, 7) is 15.6. The van der Waals surface area contributed by atoms with Gasteiger partial charge in [-0.2, -0.15) is 0 Å². The lowest BCUT2D eigenvalue weighted by Gasteiger charge is -2.30. The highest BCUT2D eigenvalue weighted by Gasteiger charge is 2.32. The first kappa shape index (κ1) is 8.55. The zero-order chi connectivity index (χ0) is 8.48. The summed E-state index contributed by atoms with van der Waals surface area (Å²) in [6, 6.07) is 0.259. The molecule has 0 saturated carbocycles. The van der Waals surface area contributed by atoms with Gasteiger partial charge in [0.2, 0.25) is 6.04 Å². The summed E-state index contributed by atoms with van der Waals surface area (Å²) in [4.78, 5) is 5.94. The molecular weight excluding hydrogens is 136 g/mol. The van der Waals surface area contributed by atoms with E-state index in [0.717, 1.165) is 19.5 Å². The Morgan fingerprint density at radius 3 is 2.36 bits per heavy atom. The SMILES string of the molecule is [C-]#[N+]C1CCN(C(C)(C)C)C1. The van der Waals surface area contributed by atoms with E-state index in [-0.39, 0.29) is 11.6 Å². The molecule has 1 aliphatic heterocycles. The van der Waals surface area contributed by atoms with Gasteiger partial charge >= 0.3 is 0 Å². The van der Waals surface area contributed by atoms with E-state index >= 15 is 0 Å². The standard InChI is InChI=1S/C9H16N2/c1-9(2,3)11-6-5-8(7-11)10-4/h8H,5-7H2,1-3H3. The normalized spacial score (nSPS) is 26.9. The molecule has 0 aromatic heterocycles. The largest absolute Gasteiger partial charge is 0.312 e. The second-order valence-electron chi connectivity index (χ2n) is 4.19. The maximum atomic E-state index is 6.89. The molecule has 0 N–H and O–H groups in total. The van der Waals surface area contributed by atoms with E-state index in [1.165, 1.54) is 0 Å². The molecule has 0 bridgehead atoms. The molecule has 1 unspecified atom stereocenters. The molecule has 1 saturated heterocycles. The minimum absolute atomic E-state index is 0.249. The minimum Gasteiger partial charge on any atom is -0.312 e. The second kappa shape index (κ2) is 2.83. The van der Waals surface area contributed by atoms with Crippen molar-refractivity contribution < 1.29 is 0 Å². The van der Waals surface area contributed by atoms with Gasteiger partial charge in [0, 0.05) is 18.5 Å². The lowest BCUT2D eigenvalue weighted by molar-refractivity contribution is 0.174. The molecule has 0 aliphatic carbocycles.